The molecule has 0 saturated heterocycles. The first kappa shape index (κ1) is 5.17. The van der Waals surface area contributed by atoms with E-state index in [-0.39, 0.29) is 0 Å². The smallest absolute Gasteiger partial charge is 0.0881 e. The van der Waals surface area contributed by atoms with Gasteiger partial charge in [0.2, 0.25) is 0 Å². The molecular formula is C6H5Cl5. The predicted octanol–water partition coefficient (Wildman–Crippen LogP) is 3.90. The Morgan fingerprint density at radius 2 is 1.91 bits per heavy atom. The van der Waals surface area contributed by atoms with Crippen LogP contribution in [0.4, 0.5) is 0 Å². The van der Waals surface area contributed by atoms with Crippen molar-refractivity contribution in [2.45, 2.75) is 22.4 Å². The van der Waals surface area contributed by atoms with Crippen molar-refractivity contribution in [2.75, 3.05) is 0 Å². The number of allylic oxidation sites excluding steroid dienone is 2. The molecule has 0 saturated carbocycles. The summed E-state index contributed by atoms with van der Waals surface area (Å²) in [5.74, 6) is 0. The van der Waals surface area contributed by atoms with Gasteiger partial charge in [-0.3, -0.25) is 0 Å². The molecule has 0 N–H and O–H groups in total. The molecule has 1 aliphatic rings. The normalized spacial score (nSPS) is 70.8. The maximum absolute atomic E-state index is 7.62. The van der Waals surface area contributed by atoms with Gasteiger partial charge >= 0.3 is 0 Å². The van der Waals surface area contributed by atoms with E-state index in [1.807, 2.05) is 0 Å². The molecule has 0 aromatic heterocycles. The van der Waals surface area contributed by atoms with Gasteiger partial charge in [0.15, 0.2) is 0 Å². The molecule has 0 aliphatic heterocycles. The van der Waals surface area contributed by atoms with E-state index in [4.69, 9.17) is 64.9 Å². The molecule has 0 radical (unpaired) electrons. The SMILES string of the molecule is [2H]C1([2H])C(Cl)=C(Cl)C([2H])(Cl)C([2H])(Cl)C1([2H])Cl. The Morgan fingerprint density at radius 1 is 1.36 bits per heavy atom. The molecule has 0 bridgehead atoms. The van der Waals surface area contributed by atoms with Gasteiger partial charge in [-0.1, -0.05) is 23.2 Å². The van der Waals surface area contributed by atoms with Crippen LogP contribution in [0.25, 0.3) is 0 Å². The molecule has 1 rings (SSSR count). The molecule has 0 heterocycles. The summed E-state index contributed by atoms with van der Waals surface area (Å²) in [5.41, 5.74) is 0. The summed E-state index contributed by atoms with van der Waals surface area (Å²) < 4.78 is 37.9. The van der Waals surface area contributed by atoms with Crippen LogP contribution in [0.3, 0.4) is 0 Å². The number of rotatable bonds is 0. The highest BCUT2D eigenvalue weighted by molar-refractivity contribution is 6.47. The fourth-order valence-electron chi connectivity index (χ4n) is 0.495. The molecule has 0 amide bonds. The van der Waals surface area contributed by atoms with E-state index in [0.29, 0.717) is 0 Å². The third-order valence-corrected chi connectivity index (χ3v) is 3.08. The Bertz CT molecular complexity index is 326. The summed E-state index contributed by atoms with van der Waals surface area (Å²) in [6, 6.07) is 0. The van der Waals surface area contributed by atoms with Crippen molar-refractivity contribution in [1.29, 1.82) is 0 Å². The topological polar surface area (TPSA) is 0 Å². The minimum absolute atomic E-state index is 0.644. The van der Waals surface area contributed by atoms with Gasteiger partial charge in [0.05, 0.1) is 23.8 Å². The third-order valence-electron chi connectivity index (χ3n) is 0.990. The lowest BCUT2D eigenvalue weighted by Gasteiger charge is -2.26. The van der Waals surface area contributed by atoms with Crippen LogP contribution in [0.5, 0.6) is 0 Å². The van der Waals surface area contributed by atoms with Gasteiger partial charge in [-0.05, 0) is 0 Å². The van der Waals surface area contributed by atoms with E-state index in [2.05, 4.69) is 0 Å². The molecule has 3 unspecified atom stereocenters. The van der Waals surface area contributed by atoms with Crippen LogP contribution < -0.4 is 0 Å². The lowest BCUT2D eigenvalue weighted by molar-refractivity contribution is 0.737. The average molecular weight is 259 g/mol. The first-order chi connectivity index (χ1) is 6.82. The van der Waals surface area contributed by atoms with E-state index in [1.165, 1.54) is 0 Å². The Morgan fingerprint density at radius 3 is 2.45 bits per heavy atom. The zero-order valence-electron chi connectivity index (χ0n) is 9.89. The highest BCUT2D eigenvalue weighted by atomic mass is 35.5. The lowest BCUT2D eigenvalue weighted by Crippen LogP contribution is -2.30. The largest absolute Gasteiger partial charge is 0.121 e. The van der Waals surface area contributed by atoms with E-state index in [1.54, 1.807) is 0 Å². The van der Waals surface area contributed by atoms with Crippen molar-refractivity contribution in [1.82, 2.24) is 0 Å². The van der Waals surface area contributed by atoms with Crippen LogP contribution in [0, 0.1) is 0 Å². The zero-order valence-corrected chi connectivity index (χ0v) is 8.67. The summed E-state index contributed by atoms with van der Waals surface area (Å²) in [4.78, 5) is 0. The fourth-order valence-corrected chi connectivity index (χ4v) is 1.54. The Balaban J connectivity index is 3.64. The maximum Gasteiger partial charge on any atom is 0.0881 e. The number of hydrogen-bond donors (Lipinski definition) is 0. The van der Waals surface area contributed by atoms with E-state index in [0.717, 1.165) is 0 Å². The van der Waals surface area contributed by atoms with E-state index < -0.39 is 32.5 Å². The van der Waals surface area contributed by atoms with Crippen LogP contribution in [0.2, 0.25) is 0 Å². The number of alkyl halides is 3. The second kappa shape index (κ2) is 3.93. The van der Waals surface area contributed by atoms with E-state index >= 15 is 0 Å². The van der Waals surface area contributed by atoms with Crippen LogP contribution in [0.1, 0.15) is 13.2 Å². The van der Waals surface area contributed by atoms with Gasteiger partial charge in [0.1, 0.15) is 0 Å². The van der Waals surface area contributed by atoms with Crippen molar-refractivity contribution < 1.29 is 6.85 Å². The van der Waals surface area contributed by atoms with Crippen molar-refractivity contribution in [3.8, 4) is 0 Å². The Hall–Kier alpha value is 1.19. The standard InChI is InChI=1S/C6H5Cl5/c7-2-1-3(8)5(10)6(11)4(2)9/h2,4,6H,1H2/i1D2,2D,4D,6D. The minimum Gasteiger partial charge on any atom is -0.121 e. The second-order valence-electron chi connectivity index (χ2n) is 1.69. The zero-order chi connectivity index (χ0) is 13.2. The molecular weight excluding hydrogens is 249 g/mol. The van der Waals surface area contributed by atoms with Gasteiger partial charge in [-0.15, -0.1) is 34.8 Å². The predicted molar refractivity (Wildman–Crippen MR) is 52.3 cm³/mol. The van der Waals surface area contributed by atoms with Crippen molar-refractivity contribution in [3.05, 3.63) is 10.1 Å². The first-order valence-electron chi connectivity index (χ1n) is 4.94. The van der Waals surface area contributed by atoms with Crippen LogP contribution in [-0.2, 0) is 0 Å². The van der Waals surface area contributed by atoms with Crippen molar-refractivity contribution in [3.63, 3.8) is 0 Å². The van der Waals surface area contributed by atoms with Gasteiger partial charge in [0, 0.05) is 15.5 Å². The first-order valence-corrected chi connectivity index (χ1v) is 4.33. The molecule has 64 valence electrons. The Labute approximate surface area is 97.4 Å². The number of hydrogen-bond acceptors (Lipinski definition) is 0. The van der Waals surface area contributed by atoms with Crippen molar-refractivity contribution >= 4 is 58.0 Å². The molecule has 0 spiro atoms. The van der Waals surface area contributed by atoms with Gasteiger partial charge in [-0.25, -0.2) is 0 Å². The molecule has 11 heavy (non-hydrogen) atoms. The maximum atomic E-state index is 7.62. The third kappa shape index (κ3) is 2.10. The molecule has 0 nitrogen and oxygen atoms in total. The molecule has 1 aliphatic carbocycles. The highest BCUT2D eigenvalue weighted by Gasteiger charge is 2.33. The quantitative estimate of drug-likeness (QED) is 0.579. The summed E-state index contributed by atoms with van der Waals surface area (Å²) >= 11 is 28.0. The molecule has 5 heteroatoms. The van der Waals surface area contributed by atoms with Gasteiger partial charge < -0.3 is 0 Å². The van der Waals surface area contributed by atoms with Gasteiger partial charge in [-0.2, -0.15) is 0 Å². The monoisotopic (exact) mass is 257 g/mol. The molecule has 0 aromatic carbocycles. The Kier molecular flexibility index (Phi) is 1.85. The summed E-state index contributed by atoms with van der Waals surface area (Å²) in [6.45, 7) is 0. The highest BCUT2D eigenvalue weighted by Crippen LogP contribution is 2.38. The molecule has 3 atom stereocenters. The van der Waals surface area contributed by atoms with E-state index in [9.17, 15) is 0 Å². The summed E-state index contributed by atoms with van der Waals surface area (Å²) in [5, 5.41) is -9.28. The molecule has 0 aromatic rings. The molecule has 0 fully saturated rings. The van der Waals surface area contributed by atoms with Crippen LogP contribution >= 0.6 is 58.0 Å². The van der Waals surface area contributed by atoms with Gasteiger partial charge in [0.25, 0.3) is 0 Å². The van der Waals surface area contributed by atoms with Crippen LogP contribution in [-0.4, -0.2) is 16.1 Å². The lowest BCUT2D eigenvalue weighted by atomic mass is 10.1. The number of halogens is 5. The van der Waals surface area contributed by atoms with Crippen molar-refractivity contribution in [2.24, 2.45) is 0 Å². The summed E-state index contributed by atoms with van der Waals surface area (Å²) in [7, 11) is 0. The summed E-state index contributed by atoms with van der Waals surface area (Å²) in [6.07, 6.45) is -2.68. The van der Waals surface area contributed by atoms with Crippen LogP contribution in [0.15, 0.2) is 10.1 Å². The fraction of sp³-hybridized carbons (Fsp3) is 0.667. The average Bonchev–Trinajstić information content (AvgIpc) is 2.12. The minimum atomic E-state index is -2.75. The second-order valence-corrected chi connectivity index (χ2v) is 3.58.